The molecule has 1 aliphatic rings. The number of nitrogens with zero attached hydrogens (tertiary/aromatic N) is 2. The number of hydrogen-bond donors (Lipinski definition) is 0. The van der Waals surface area contributed by atoms with Crippen LogP contribution in [0.5, 0.6) is 5.75 Å². The molecule has 23 heavy (non-hydrogen) atoms. The van der Waals surface area contributed by atoms with Gasteiger partial charge in [0.15, 0.2) is 0 Å². The van der Waals surface area contributed by atoms with Crippen molar-refractivity contribution in [3.05, 3.63) is 35.3 Å². The van der Waals surface area contributed by atoms with Crippen LogP contribution in [0.1, 0.15) is 16.1 Å². The molecule has 1 aromatic carbocycles. The van der Waals surface area contributed by atoms with Gasteiger partial charge < -0.3 is 9.64 Å². The topological polar surface area (TPSA) is 42.4 Å². The Hall–Kier alpha value is -1.53. The first kappa shape index (κ1) is 16.3. The zero-order valence-corrected chi connectivity index (χ0v) is 15.0. The molecule has 1 aromatic heterocycles. The number of carbonyl (C=O) groups is 1. The molecule has 1 amide bonds. The molecule has 6 heteroatoms. The van der Waals surface area contributed by atoms with Crippen LogP contribution in [-0.2, 0) is 0 Å². The normalized spacial score (nSPS) is 17.5. The van der Waals surface area contributed by atoms with E-state index in [9.17, 15) is 4.79 Å². The van der Waals surface area contributed by atoms with Gasteiger partial charge in [-0.05, 0) is 48.6 Å². The molecular formula is C17H20N2O2S2. The maximum atomic E-state index is 12.6. The second kappa shape index (κ2) is 7.36. The number of methoxy groups -OCH3 is 1. The number of carbonyl (C=O) groups excluding carboxylic acids is 1. The Morgan fingerprint density at radius 2 is 2.22 bits per heavy atom. The number of amides is 1. The van der Waals surface area contributed by atoms with Gasteiger partial charge in [0.2, 0.25) is 0 Å². The predicted molar refractivity (Wildman–Crippen MR) is 96.5 cm³/mol. The van der Waals surface area contributed by atoms with E-state index in [1.165, 1.54) is 11.3 Å². The zero-order chi connectivity index (χ0) is 16.2. The summed E-state index contributed by atoms with van der Waals surface area (Å²) in [5, 5.41) is 0.871. The number of rotatable bonds is 5. The van der Waals surface area contributed by atoms with Gasteiger partial charge in [-0.25, -0.2) is 4.98 Å². The first-order valence-electron chi connectivity index (χ1n) is 7.59. The van der Waals surface area contributed by atoms with Crippen LogP contribution in [0.25, 0.3) is 10.6 Å². The average Bonchev–Trinajstić information content (AvgIpc) is 3.24. The molecule has 2 heterocycles. The molecule has 0 aliphatic carbocycles. The molecule has 1 atom stereocenters. The summed E-state index contributed by atoms with van der Waals surface area (Å²) in [4.78, 5) is 19.7. The second-order valence-electron chi connectivity index (χ2n) is 5.62. The number of benzene rings is 1. The van der Waals surface area contributed by atoms with Crippen molar-refractivity contribution in [3.8, 4) is 16.3 Å². The van der Waals surface area contributed by atoms with E-state index < -0.39 is 0 Å². The number of thioether (sulfide) groups is 1. The molecule has 3 rings (SSSR count). The van der Waals surface area contributed by atoms with Gasteiger partial charge in [0, 0.05) is 18.7 Å². The standard InChI is InChI=1S/C17H20N2O2S2/c1-21-14-5-3-13(4-6-14)16-18-9-15(23-16)17(20)19-8-7-12(10-19)11-22-2/h3-6,9,12H,7-8,10-11H2,1-2H3/t12-/m0/s1. The van der Waals surface area contributed by atoms with Crippen molar-refractivity contribution in [1.82, 2.24) is 9.88 Å². The number of ether oxygens (including phenoxy) is 1. The Kier molecular flexibility index (Phi) is 5.23. The lowest BCUT2D eigenvalue weighted by atomic mass is 10.2. The van der Waals surface area contributed by atoms with Crippen molar-refractivity contribution in [2.24, 2.45) is 5.92 Å². The van der Waals surface area contributed by atoms with Crippen molar-refractivity contribution in [3.63, 3.8) is 0 Å². The minimum Gasteiger partial charge on any atom is -0.497 e. The van der Waals surface area contributed by atoms with Crippen LogP contribution in [0.2, 0.25) is 0 Å². The molecule has 1 saturated heterocycles. The van der Waals surface area contributed by atoms with Crippen LogP contribution in [0, 0.1) is 5.92 Å². The third kappa shape index (κ3) is 3.70. The first-order chi connectivity index (χ1) is 11.2. The van der Waals surface area contributed by atoms with E-state index >= 15 is 0 Å². The quantitative estimate of drug-likeness (QED) is 0.827. The van der Waals surface area contributed by atoms with Gasteiger partial charge in [-0.15, -0.1) is 11.3 Å². The summed E-state index contributed by atoms with van der Waals surface area (Å²) in [5.74, 6) is 2.69. The highest BCUT2D eigenvalue weighted by atomic mass is 32.2. The van der Waals surface area contributed by atoms with Crippen LogP contribution in [0.3, 0.4) is 0 Å². The van der Waals surface area contributed by atoms with Crippen LogP contribution < -0.4 is 4.74 Å². The van der Waals surface area contributed by atoms with Crippen LogP contribution >= 0.6 is 23.1 Å². The summed E-state index contributed by atoms with van der Waals surface area (Å²) in [6, 6.07) is 7.75. The third-order valence-electron chi connectivity index (χ3n) is 4.03. The van der Waals surface area contributed by atoms with Gasteiger partial charge in [0.25, 0.3) is 5.91 Å². The highest BCUT2D eigenvalue weighted by Crippen LogP contribution is 2.29. The van der Waals surface area contributed by atoms with Gasteiger partial charge in [-0.2, -0.15) is 11.8 Å². The molecule has 0 bridgehead atoms. The fraction of sp³-hybridized carbons (Fsp3) is 0.412. The van der Waals surface area contributed by atoms with Crippen molar-refractivity contribution < 1.29 is 9.53 Å². The van der Waals surface area contributed by atoms with E-state index in [4.69, 9.17) is 4.74 Å². The monoisotopic (exact) mass is 348 g/mol. The molecular weight excluding hydrogens is 328 g/mol. The molecule has 0 N–H and O–H groups in total. The molecule has 2 aromatic rings. The van der Waals surface area contributed by atoms with Gasteiger partial charge >= 0.3 is 0 Å². The minimum absolute atomic E-state index is 0.117. The summed E-state index contributed by atoms with van der Waals surface area (Å²) >= 11 is 3.32. The molecule has 1 fully saturated rings. The average molecular weight is 348 g/mol. The van der Waals surface area contributed by atoms with Crippen molar-refractivity contribution >= 4 is 29.0 Å². The molecule has 0 radical (unpaired) electrons. The van der Waals surface area contributed by atoms with Gasteiger partial charge in [0.05, 0.1) is 13.3 Å². The Balaban J connectivity index is 1.70. The molecule has 4 nitrogen and oxygen atoms in total. The minimum atomic E-state index is 0.117. The Labute approximate surface area is 144 Å². The largest absolute Gasteiger partial charge is 0.497 e. The lowest BCUT2D eigenvalue weighted by molar-refractivity contribution is 0.0793. The van der Waals surface area contributed by atoms with Crippen molar-refractivity contribution in [1.29, 1.82) is 0 Å². The maximum Gasteiger partial charge on any atom is 0.265 e. The first-order valence-corrected chi connectivity index (χ1v) is 9.80. The number of hydrogen-bond acceptors (Lipinski definition) is 5. The molecule has 0 spiro atoms. The maximum absolute atomic E-state index is 12.6. The molecule has 1 aliphatic heterocycles. The van der Waals surface area contributed by atoms with Gasteiger partial charge in [0.1, 0.15) is 15.6 Å². The number of likely N-dealkylation sites (tertiary alicyclic amines) is 1. The Morgan fingerprint density at radius 1 is 1.43 bits per heavy atom. The zero-order valence-electron chi connectivity index (χ0n) is 13.3. The fourth-order valence-electron chi connectivity index (χ4n) is 2.78. The van der Waals surface area contributed by atoms with Gasteiger partial charge in [-0.1, -0.05) is 0 Å². The van der Waals surface area contributed by atoms with E-state index in [0.717, 1.165) is 46.5 Å². The SMILES string of the molecule is COc1ccc(-c2ncc(C(=O)N3CC[C@H](CSC)C3)s2)cc1. The van der Waals surface area contributed by atoms with Crippen LogP contribution in [0.4, 0.5) is 0 Å². The van der Waals surface area contributed by atoms with E-state index in [0.29, 0.717) is 5.92 Å². The summed E-state index contributed by atoms with van der Waals surface area (Å²) in [6.07, 6.45) is 4.93. The fourth-order valence-corrected chi connectivity index (χ4v) is 4.42. The lowest BCUT2D eigenvalue weighted by Crippen LogP contribution is -2.28. The summed E-state index contributed by atoms with van der Waals surface area (Å²) < 4.78 is 5.17. The van der Waals surface area contributed by atoms with Crippen molar-refractivity contribution in [2.75, 3.05) is 32.2 Å². The van der Waals surface area contributed by atoms with E-state index in [1.807, 2.05) is 40.9 Å². The third-order valence-corrected chi connectivity index (χ3v) is 5.87. The van der Waals surface area contributed by atoms with Crippen molar-refractivity contribution in [2.45, 2.75) is 6.42 Å². The Morgan fingerprint density at radius 3 is 2.91 bits per heavy atom. The summed E-state index contributed by atoms with van der Waals surface area (Å²) in [7, 11) is 1.65. The molecule has 122 valence electrons. The van der Waals surface area contributed by atoms with E-state index in [2.05, 4.69) is 11.2 Å². The van der Waals surface area contributed by atoms with Crippen LogP contribution in [0.15, 0.2) is 30.5 Å². The summed E-state index contributed by atoms with van der Waals surface area (Å²) in [5.41, 5.74) is 1.01. The highest BCUT2D eigenvalue weighted by Gasteiger charge is 2.27. The molecule has 0 saturated carbocycles. The number of thiazole rings is 1. The Bertz CT molecular complexity index is 669. The van der Waals surface area contributed by atoms with E-state index in [-0.39, 0.29) is 5.91 Å². The van der Waals surface area contributed by atoms with Gasteiger partial charge in [-0.3, -0.25) is 4.79 Å². The highest BCUT2D eigenvalue weighted by molar-refractivity contribution is 7.98. The number of aromatic nitrogens is 1. The molecule has 0 unspecified atom stereocenters. The smallest absolute Gasteiger partial charge is 0.265 e. The van der Waals surface area contributed by atoms with Crippen LogP contribution in [-0.4, -0.2) is 48.0 Å². The predicted octanol–water partition coefficient (Wildman–Crippen LogP) is 3.64. The lowest BCUT2D eigenvalue weighted by Gasteiger charge is -2.14. The second-order valence-corrected chi connectivity index (χ2v) is 7.56. The summed E-state index contributed by atoms with van der Waals surface area (Å²) in [6.45, 7) is 1.73. The van der Waals surface area contributed by atoms with E-state index in [1.54, 1.807) is 13.3 Å².